The Hall–Kier alpha value is -1.06. The van der Waals surface area contributed by atoms with E-state index in [2.05, 4.69) is 32.9 Å². The number of hydrogen-bond donors (Lipinski definition) is 2. The van der Waals surface area contributed by atoms with Crippen molar-refractivity contribution in [3.05, 3.63) is 28.8 Å². The summed E-state index contributed by atoms with van der Waals surface area (Å²) in [6.45, 7) is 6.99. The maximum absolute atomic E-state index is 9.25. The third-order valence-electron chi connectivity index (χ3n) is 3.46. The van der Waals surface area contributed by atoms with Crippen molar-refractivity contribution in [3.8, 4) is 5.75 Å². The molecule has 1 aromatic rings. The Balaban J connectivity index is 3.00. The maximum atomic E-state index is 9.25. The molecule has 0 spiro atoms. The molecule has 0 amide bonds. The average Bonchev–Trinajstić information content (AvgIpc) is 2.34. The minimum Gasteiger partial charge on any atom is -0.496 e. The summed E-state index contributed by atoms with van der Waals surface area (Å²) in [5, 5.41) is 9.25. The predicted molar refractivity (Wildman–Crippen MR) is 75.1 cm³/mol. The average molecular weight is 251 g/mol. The number of aliphatic hydroxyl groups is 1. The molecule has 1 rings (SSSR count). The number of ether oxygens (including phenoxy) is 1. The van der Waals surface area contributed by atoms with Crippen LogP contribution in [-0.4, -0.2) is 25.4 Å². The number of rotatable bonds is 6. The monoisotopic (exact) mass is 251 g/mol. The van der Waals surface area contributed by atoms with Gasteiger partial charge in [0.15, 0.2) is 0 Å². The maximum Gasteiger partial charge on any atom is 0.125 e. The van der Waals surface area contributed by atoms with Crippen molar-refractivity contribution in [1.29, 1.82) is 0 Å². The number of aliphatic hydroxyl groups excluding tert-OH is 1. The highest BCUT2D eigenvalue weighted by atomic mass is 16.5. The highest BCUT2D eigenvalue weighted by Gasteiger charge is 2.17. The summed E-state index contributed by atoms with van der Waals surface area (Å²) in [6, 6.07) is 4.29. The van der Waals surface area contributed by atoms with E-state index in [-0.39, 0.29) is 12.5 Å². The van der Waals surface area contributed by atoms with Crippen LogP contribution < -0.4 is 10.5 Å². The fourth-order valence-corrected chi connectivity index (χ4v) is 2.50. The van der Waals surface area contributed by atoms with E-state index in [0.717, 1.165) is 17.7 Å². The smallest absolute Gasteiger partial charge is 0.125 e. The molecule has 0 aliphatic carbocycles. The normalized spacial score (nSPS) is 14.3. The molecule has 2 unspecified atom stereocenters. The minimum atomic E-state index is 0.147. The lowest BCUT2D eigenvalue weighted by atomic mass is 9.88. The van der Waals surface area contributed by atoms with Crippen LogP contribution in [0.3, 0.4) is 0 Å². The van der Waals surface area contributed by atoms with Gasteiger partial charge in [0.05, 0.1) is 7.11 Å². The lowest BCUT2D eigenvalue weighted by Gasteiger charge is -2.21. The molecule has 3 heteroatoms. The number of aryl methyl sites for hydroxylation is 2. The molecule has 3 N–H and O–H groups in total. The molecule has 3 nitrogen and oxygen atoms in total. The van der Waals surface area contributed by atoms with Crippen LogP contribution in [0, 0.1) is 19.8 Å². The number of benzene rings is 1. The Morgan fingerprint density at radius 3 is 2.50 bits per heavy atom. The van der Waals surface area contributed by atoms with E-state index in [1.165, 1.54) is 11.1 Å². The Kier molecular flexibility index (Phi) is 5.63. The van der Waals surface area contributed by atoms with Crippen LogP contribution >= 0.6 is 0 Å². The Morgan fingerprint density at radius 1 is 1.33 bits per heavy atom. The van der Waals surface area contributed by atoms with Crippen molar-refractivity contribution in [2.75, 3.05) is 20.3 Å². The second-order valence-electron chi connectivity index (χ2n) is 5.13. The van der Waals surface area contributed by atoms with Crippen LogP contribution in [0.4, 0.5) is 0 Å². The van der Waals surface area contributed by atoms with Gasteiger partial charge in [0, 0.05) is 6.61 Å². The summed E-state index contributed by atoms with van der Waals surface area (Å²) in [5.74, 6) is 1.45. The molecular formula is C15H25NO2. The minimum absolute atomic E-state index is 0.147. The molecule has 0 radical (unpaired) electrons. The first-order chi connectivity index (χ1) is 8.53. The Bertz CT molecular complexity index is 386. The van der Waals surface area contributed by atoms with Gasteiger partial charge in [0.2, 0.25) is 0 Å². The second-order valence-corrected chi connectivity index (χ2v) is 5.13. The van der Waals surface area contributed by atoms with E-state index < -0.39 is 0 Å². The van der Waals surface area contributed by atoms with E-state index in [1.807, 2.05) is 0 Å². The van der Waals surface area contributed by atoms with E-state index >= 15 is 0 Å². The highest BCUT2D eigenvalue weighted by Crippen LogP contribution is 2.34. The van der Waals surface area contributed by atoms with Crippen molar-refractivity contribution < 1.29 is 9.84 Å². The molecule has 102 valence electrons. The first-order valence-corrected chi connectivity index (χ1v) is 6.49. The summed E-state index contributed by atoms with van der Waals surface area (Å²) in [6.07, 6.45) is 0.881. The topological polar surface area (TPSA) is 55.5 Å². The molecule has 0 heterocycles. The zero-order valence-corrected chi connectivity index (χ0v) is 11.9. The second kappa shape index (κ2) is 6.76. The third-order valence-corrected chi connectivity index (χ3v) is 3.46. The predicted octanol–water partition coefficient (Wildman–Crippen LogP) is 2.37. The lowest BCUT2D eigenvalue weighted by molar-refractivity contribution is 0.216. The van der Waals surface area contributed by atoms with Gasteiger partial charge in [-0.2, -0.15) is 0 Å². The molecule has 0 bridgehead atoms. The van der Waals surface area contributed by atoms with Gasteiger partial charge in [-0.3, -0.25) is 0 Å². The number of methoxy groups -OCH3 is 1. The molecule has 0 aliphatic rings. The molecule has 2 atom stereocenters. The summed E-state index contributed by atoms with van der Waals surface area (Å²) in [5.41, 5.74) is 9.26. The highest BCUT2D eigenvalue weighted by molar-refractivity contribution is 5.45. The van der Waals surface area contributed by atoms with Gasteiger partial charge in [0.25, 0.3) is 0 Å². The quantitative estimate of drug-likeness (QED) is 0.816. The van der Waals surface area contributed by atoms with Crippen LogP contribution in [0.25, 0.3) is 0 Å². The summed E-state index contributed by atoms with van der Waals surface area (Å²) >= 11 is 0. The van der Waals surface area contributed by atoms with Crippen molar-refractivity contribution in [1.82, 2.24) is 0 Å². The molecule has 0 saturated heterocycles. The van der Waals surface area contributed by atoms with Crippen LogP contribution in [0.15, 0.2) is 12.1 Å². The first kappa shape index (κ1) is 15.0. The van der Waals surface area contributed by atoms with Gasteiger partial charge >= 0.3 is 0 Å². The Morgan fingerprint density at radius 2 is 2.00 bits per heavy atom. The van der Waals surface area contributed by atoms with E-state index in [0.29, 0.717) is 12.5 Å². The fourth-order valence-electron chi connectivity index (χ4n) is 2.50. The van der Waals surface area contributed by atoms with E-state index in [9.17, 15) is 5.11 Å². The first-order valence-electron chi connectivity index (χ1n) is 6.49. The molecule has 0 aromatic heterocycles. The summed E-state index contributed by atoms with van der Waals surface area (Å²) < 4.78 is 5.51. The standard InChI is InChI=1S/C15H25NO2/c1-10-5-12(3)15(18-4)14(6-10)11(2)7-13(8-16)9-17/h5-6,11,13,17H,7-9,16H2,1-4H3. The fraction of sp³-hybridized carbons (Fsp3) is 0.600. The Labute approximate surface area is 110 Å². The van der Waals surface area contributed by atoms with Crippen LogP contribution in [-0.2, 0) is 0 Å². The number of hydrogen-bond acceptors (Lipinski definition) is 3. The SMILES string of the molecule is COc1c(C)cc(C)cc1C(C)CC(CN)CO. The number of nitrogens with two attached hydrogens (primary N) is 1. The van der Waals surface area contributed by atoms with Crippen molar-refractivity contribution in [2.24, 2.45) is 11.7 Å². The molecule has 1 aromatic carbocycles. The molecule has 0 aliphatic heterocycles. The summed E-state index contributed by atoms with van der Waals surface area (Å²) in [4.78, 5) is 0. The zero-order valence-electron chi connectivity index (χ0n) is 11.9. The van der Waals surface area contributed by atoms with Crippen LogP contribution in [0.1, 0.15) is 36.0 Å². The van der Waals surface area contributed by atoms with Crippen molar-refractivity contribution in [2.45, 2.75) is 33.1 Å². The van der Waals surface area contributed by atoms with Crippen molar-refractivity contribution in [3.63, 3.8) is 0 Å². The molecule has 0 fully saturated rings. The van der Waals surface area contributed by atoms with Gasteiger partial charge in [-0.1, -0.05) is 24.6 Å². The summed E-state index contributed by atoms with van der Waals surface area (Å²) in [7, 11) is 1.71. The van der Waals surface area contributed by atoms with E-state index in [1.54, 1.807) is 7.11 Å². The third kappa shape index (κ3) is 3.47. The van der Waals surface area contributed by atoms with Gasteiger partial charge in [-0.05, 0) is 49.8 Å². The largest absolute Gasteiger partial charge is 0.496 e. The zero-order chi connectivity index (χ0) is 13.7. The molecular weight excluding hydrogens is 226 g/mol. The van der Waals surface area contributed by atoms with Gasteiger partial charge < -0.3 is 15.6 Å². The van der Waals surface area contributed by atoms with Gasteiger partial charge in [-0.15, -0.1) is 0 Å². The van der Waals surface area contributed by atoms with Gasteiger partial charge in [0.1, 0.15) is 5.75 Å². The van der Waals surface area contributed by atoms with Crippen molar-refractivity contribution >= 4 is 0 Å². The van der Waals surface area contributed by atoms with Crippen LogP contribution in [0.5, 0.6) is 5.75 Å². The lowest BCUT2D eigenvalue weighted by Crippen LogP contribution is -2.20. The molecule has 0 saturated carbocycles. The van der Waals surface area contributed by atoms with Gasteiger partial charge in [-0.25, -0.2) is 0 Å². The van der Waals surface area contributed by atoms with Crippen LogP contribution in [0.2, 0.25) is 0 Å². The van der Waals surface area contributed by atoms with E-state index in [4.69, 9.17) is 10.5 Å². The molecule has 18 heavy (non-hydrogen) atoms.